The SMILES string of the molecule is NNC(=O)C1(C(=O)NN)CCCCC1C(=O)O. The van der Waals surface area contributed by atoms with Gasteiger partial charge in [-0.25, -0.2) is 11.7 Å². The third kappa shape index (κ3) is 2.08. The summed E-state index contributed by atoms with van der Waals surface area (Å²) in [6, 6.07) is 0. The van der Waals surface area contributed by atoms with Crippen LogP contribution in [0.1, 0.15) is 25.7 Å². The lowest BCUT2D eigenvalue weighted by atomic mass is 9.65. The molecule has 96 valence electrons. The molecule has 0 aliphatic heterocycles. The average molecular weight is 244 g/mol. The van der Waals surface area contributed by atoms with Crippen molar-refractivity contribution in [1.29, 1.82) is 0 Å². The molecule has 0 bridgehead atoms. The Labute approximate surface area is 97.7 Å². The van der Waals surface area contributed by atoms with Crippen molar-refractivity contribution in [2.45, 2.75) is 25.7 Å². The molecule has 0 saturated heterocycles. The van der Waals surface area contributed by atoms with E-state index in [2.05, 4.69) is 0 Å². The topological polar surface area (TPSA) is 148 Å². The highest BCUT2D eigenvalue weighted by atomic mass is 16.4. The van der Waals surface area contributed by atoms with Gasteiger partial charge in [0.15, 0.2) is 0 Å². The molecule has 1 aliphatic rings. The van der Waals surface area contributed by atoms with E-state index in [4.69, 9.17) is 16.8 Å². The Morgan fingerprint density at radius 1 is 1.12 bits per heavy atom. The highest BCUT2D eigenvalue weighted by Crippen LogP contribution is 2.42. The molecule has 0 aromatic heterocycles. The van der Waals surface area contributed by atoms with Gasteiger partial charge in [-0.05, 0) is 12.8 Å². The van der Waals surface area contributed by atoms with Gasteiger partial charge in [0.1, 0.15) is 5.41 Å². The van der Waals surface area contributed by atoms with E-state index in [-0.39, 0.29) is 12.8 Å². The first kappa shape index (κ1) is 13.4. The Morgan fingerprint density at radius 2 is 1.65 bits per heavy atom. The van der Waals surface area contributed by atoms with E-state index in [0.717, 1.165) is 0 Å². The fourth-order valence-electron chi connectivity index (χ4n) is 2.41. The molecular weight excluding hydrogens is 228 g/mol. The van der Waals surface area contributed by atoms with Crippen LogP contribution in [-0.2, 0) is 14.4 Å². The molecule has 1 saturated carbocycles. The van der Waals surface area contributed by atoms with E-state index >= 15 is 0 Å². The second-order valence-electron chi connectivity index (χ2n) is 4.05. The van der Waals surface area contributed by atoms with Gasteiger partial charge < -0.3 is 5.11 Å². The van der Waals surface area contributed by atoms with Gasteiger partial charge in [-0.15, -0.1) is 0 Å². The molecule has 17 heavy (non-hydrogen) atoms. The molecule has 0 spiro atoms. The lowest BCUT2D eigenvalue weighted by Crippen LogP contribution is -2.60. The first-order valence-electron chi connectivity index (χ1n) is 5.25. The van der Waals surface area contributed by atoms with Crippen molar-refractivity contribution in [2.75, 3.05) is 0 Å². The molecule has 2 amide bonds. The van der Waals surface area contributed by atoms with E-state index in [1.165, 1.54) is 0 Å². The number of carboxylic acid groups (broad SMARTS) is 1. The molecular formula is C9H16N4O4. The first-order chi connectivity index (χ1) is 8.00. The molecule has 1 aliphatic carbocycles. The highest BCUT2D eigenvalue weighted by molar-refractivity contribution is 6.07. The quantitative estimate of drug-likeness (QED) is 0.172. The van der Waals surface area contributed by atoms with Crippen LogP contribution in [0.15, 0.2) is 0 Å². The van der Waals surface area contributed by atoms with Crippen molar-refractivity contribution in [3.05, 3.63) is 0 Å². The first-order valence-corrected chi connectivity index (χ1v) is 5.25. The maximum absolute atomic E-state index is 11.8. The largest absolute Gasteiger partial charge is 0.481 e. The molecule has 1 rings (SSSR count). The van der Waals surface area contributed by atoms with E-state index in [1.807, 2.05) is 10.9 Å². The lowest BCUT2D eigenvalue weighted by Gasteiger charge is -2.38. The maximum Gasteiger partial charge on any atom is 0.308 e. The van der Waals surface area contributed by atoms with Crippen LogP contribution in [0.25, 0.3) is 0 Å². The van der Waals surface area contributed by atoms with Gasteiger partial charge in [-0.1, -0.05) is 12.8 Å². The Hall–Kier alpha value is -1.67. The Balaban J connectivity index is 3.21. The molecule has 0 aromatic rings. The Bertz CT molecular complexity index is 328. The summed E-state index contributed by atoms with van der Waals surface area (Å²) in [5.74, 6) is 6.13. The summed E-state index contributed by atoms with van der Waals surface area (Å²) < 4.78 is 0. The van der Waals surface area contributed by atoms with Crippen molar-refractivity contribution in [1.82, 2.24) is 10.9 Å². The number of aliphatic carboxylic acids is 1. The van der Waals surface area contributed by atoms with Crippen LogP contribution in [0.5, 0.6) is 0 Å². The maximum atomic E-state index is 11.8. The van der Waals surface area contributed by atoms with Gasteiger partial charge in [0, 0.05) is 0 Å². The lowest BCUT2D eigenvalue weighted by molar-refractivity contribution is -0.163. The molecule has 7 N–H and O–H groups in total. The van der Waals surface area contributed by atoms with Gasteiger partial charge in [-0.3, -0.25) is 25.2 Å². The zero-order valence-corrected chi connectivity index (χ0v) is 9.23. The smallest absolute Gasteiger partial charge is 0.308 e. The van der Waals surface area contributed by atoms with Crippen LogP contribution in [0.3, 0.4) is 0 Å². The van der Waals surface area contributed by atoms with Crippen LogP contribution >= 0.6 is 0 Å². The van der Waals surface area contributed by atoms with Crippen molar-refractivity contribution < 1.29 is 19.5 Å². The number of nitrogens with two attached hydrogens (primary N) is 2. The van der Waals surface area contributed by atoms with Crippen LogP contribution < -0.4 is 22.5 Å². The molecule has 8 heteroatoms. The summed E-state index contributed by atoms with van der Waals surface area (Å²) in [6.07, 6.45) is 1.59. The summed E-state index contributed by atoms with van der Waals surface area (Å²) >= 11 is 0. The molecule has 8 nitrogen and oxygen atoms in total. The number of carbonyl (C=O) groups is 3. The Kier molecular flexibility index (Phi) is 4.02. The fourth-order valence-corrected chi connectivity index (χ4v) is 2.41. The predicted molar refractivity (Wildman–Crippen MR) is 56.7 cm³/mol. The van der Waals surface area contributed by atoms with E-state index in [0.29, 0.717) is 12.8 Å². The van der Waals surface area contributed by atoms with Gasteiger partial charge >= 0.3 is 5.97 Å². The summed E-state index contributed by atoms with van der Waals surface area (Å²) in [6.45, 7) is 0. The molecule has 0 radical (unpaired) electrons. The number of carboxylic acids is 1. The third-order valence-corrected chi connectivity index (χ3v) is 3.28. The van der Waals surface area contributed by atoms with Crippen LogP contribution in [0.2, 0.25) is 0 Å². The zero-order valence-electron chi connectivity index (χ0n) is 9.23. The molecule has 0 aromatic carbocycles. The molecule has 1 unspecified atom stereocenters. The van der Waals surface area contributed by atoms with Crippen molar-refractivity contribution in [2.24, 2.45) is 23.0 Å². The monoisotopic (exact) mass is 244 g/mol. The van der Waals surface area contributed by atoms with Gasteiger partial charge in [0.25, 0.3) is 11.8 Å². The molecule has 0 heterocycles. The van der Waals surface area contributed by atoms with Crippen LogP contribution in [0.4, 0.5) is 0 Å². The van der Waals surface area contributed by atoms with Crippen molar-refractivity contribution in [3.8, 4) is 0 Å². The number of carbonyl (C=O) groups excluding carboxylic acids is 2. The highest BCUT2D eigenvalue weighted by Gasteiger charge is 2.55. The molecule has 1 atom stereocenters. The summed E-state index contributed by atoms with van der Waals surface area (Å²) in [5, 5.41) is 9.12. The Morgan fingerprint density at radius 3 is 2.06 bits per heavy atom. The number of hydrogen-bond donors (Lipinski definition) is 5. The minimum Gasteiger partial charge on any atom is -0.481 e. The normalized spacial score (nSPS) is 22.6. The van der Waals surface area contributed by atoms with Crippen molar-refractivity contribution >= 4 is 17.8 Å². The van der Waals surface area contributed by atoms with E-state index in [1.54, 1.807) is 0 Å². The summed E-state index contributed by atoms with van der Waals surface area (Å²) in [7, 11) is 0. The number of hydrazine groups is 2. The number of hydrogen-bond acceptors (Lipinski definition) is 5. The van der Waals surface area contributed by atoms with Crippen molar-refractivity contribution in [3.63, 3.8) is 0 Å². The minimum atomic E-state index is -1.71. The average Bonchev–Trinajstić information content (AvgIpc) is 2.36. The third-order valence-electron chi connectivity index (χ3n) is 3.28. The predicted octanol–water partition coefficient (Wildman–Crippen LogP) is -1.77. The number of nitrogens with one attached hydrogen (secondary N) is 2. The van der Waals surface area contributed by atoms with Gasteiger partial charge in [0.05, 0.1) is 5.92 Å². The van der Waals surface area contributed by atoms with Gasteiger partial charge in [0.2, 0.25) is 0 Å². The standard InChI is InChI=1S/C9H16N4O4/c10-12-7(16)9(8(17)13-11)4-2-1-3-5(9)6(14)15/h5H,1-4,10-11H2,(H,12,16)(H,13,17)(H,14,15). The van der Waals surface area contributed by atoms with Gasteiger partial charge in [-0.2, -0.15) is 0 Å². The number of rotatable bonds is 3. The summed E-state index contributed by atoms with van der Waals surface area (Å²) in [4.78, 5) is 34.7. The summed E-state index contributed by atoms with van der Waals surface area (Å²) in [5.41, 5.74) is 2.00. The van der Waals surface area contributed by atoms with E-state index in [9.17, 15) is 14.4 Å². The van der Waals surface area contributed by atoms with E-state index < -0.39 is 29.1 Å². The second-order valence-corrected chi connectivity index (χ2v) is 4.05. The van der Waals surface area contributed by atoms with Crippen LogP contribution in [-0.4, -0.2) is 22.9 Å². The fraction of sp³-hybridized carbons (Fsp3) is 0.667. The van der Waals surface area contributed by atoms with Crippen LogP contribution in [0, 0.1) is 11.3 Å². The second kappa shape index (κ2) is 5.11. The molecule has 1 fully saturated rings. The number of amides is 2. The minimum absolute atomic E-state index is 0.121. The zero-order chi connectivity index (χ0) is 13.1.